The SMILES string of the molecule is Cc1oc2ccccc2c1C(O)c1ccn(C)n1. The molecule has 0 aliphatic heterocycles. The maximum atomic E-state index is 10.4. The topological polar surface area (TPSA) is 51.2 Å². The van der Waals surface area contributed by atoms with Gasteiger partial charge in [-0.05, 0) is 19.1 Å². The summed E-state index contributed by atoms with van der Waals surface area (Å²) < 4.78 is 7.33. The molecule has 0 fully saturated rings. The molecule has 0 aliphatic rings. The number of para-hydroxylation sites is 1. The Kier molecular flexibility index (Phi) is 2.45. The second-order valence-corrected chi connectivity index (χ2v) is 4.38. The summed E-state index contributed by atoms with van der Waals surface area (Å²) in [7, 11) is 1.83. The van der Waals surface area contributed by atoms with Gasteiger partial charge in [-0.1, -0.05) is 18.2 Å². The largest absolute Gasteiger partial charge is 0.461 e. The third-order valence-corrected chi connectivity index (χ3v) is 3.11. The monoisotopic (exact) mass is 242 g/mol. The molecule has 0 radical (unpaired) electrons. The van der Waals surface area contributed by atoms with Crippen molar-refractivity contribution in [1.29, 1.82) is 0 Å². The van der Waals surface area contributed by atoms with Gasteiger partial charge in [0.2, 0.25) is 0 Å². The second kappa shape index (κ2) is 3.99. The lowest BCUT2D eigenvalue weighted by Crippen LogP contribution is -2.02. The maximum Gasteiger partial charge on any atom is 0.134 e. The van der Waals surface area contributed by atoms with Crippen molar-refractivity contribution in [2.75, 3.05) is 0 Å². The highest BCUT2D eigenvalue weighted by molar-refractivity contribution is 5.83. The Labute approximate surface area is 104 Å². The number of aromatic nitrogens is 2. The van der Waals surface area contributed by atoms with Crippen LogP contribution in [0.3, 0.4) is 0 Å². The summed E-state index contributed by atoms with van der Waals surface area (Å²) in [5, 5.41) is 15.6. The summed E-state index contributed by atoms with van der Waals surface area (Å²) in [5.74, 6) is 0.731. The van der Waals surface area contributed by atoms with Gasteiger partial charge in [-0.15, -0.1) is 0 Å². The molecule has 4 nitrogen and oxygen atoms in total. The summed E-state index contributed by atoms with van der Waals surface area (Å²) in [6.07, 6.45) is 1.06. The smallest absolute Gasteiger partial charge is 0.134 e. The number of furan rings is 1. The predicted molar refractivity (Wildman–Crippen MR) is 68.2 cm³/mol. The molecular weight excluding hydrogens is 228 g/mol. The average Bonchev–Trinajstić information content (AvgIpc) is 2.91. The fourth-order valence-corrected chi connectivity index (χ4v) is 2.25. The molecule has 1 unspecified atom stereocenters. The molecule has 2 aromatic heterocycles. The summed E-state index contributed by atoms with van der Waals surface area (Å²) in [6.45, 7) is 1.86. The van der Waals surface area contributed by atoms with Gasteiger partial charge in [-0.3, -0.25) is 4.68 Å². The van der Waals surface area contributed by atoms with Crippen LogP contribution in [0.15, 0.2) is 40.9 Å². The van der Waals surface area contributed by atoms with Gasteiger partial charge in [0.1, 0.15) is 17.4 Å². The lowest BCUT2D eigenvalue weighted by Gasteiger charge is -2.07. The predicted octanol–water partition coefficient (Wildman–Crippen LogP) is 2.56. The van der Waals surface area contributed by atoms with E-state index < -0.39 is 6.10 Å². The van der Waals surface area contributed by atoms with Crippen molar-refractivity contribution in [2.24, 2.45) is 7.05 Å². The fourth-order valence-electron chi connectivity index (χ4n) is 2.25. The molecule has 1 N–H and O–H groups in total. The molecule has 1 atom stereocenters. The highest BCUT2D eigenvalue weighted by Gasteiger charge is 2.21. The summed E-state index contributed by atoms with van der Waals surface area (Å²) >= 11 is 0. The van der Waals surface area contributed by atoms with Crippen LogP contribution < -0.4 is 0 Å². The van der Waals surface area contributed by atoms with Gasteiger partial charge >= 0.3 is 0 Å². The third-order valence-electron chi connectivity index (χ3n) is 3.11. The molecule has 0 saturated carbocycles. The lowest BCUT2D eigenvalue weighted by atomic mass is 10.0. The summed E-state index contributed by atoms with van der Waals surface area (Å²) in [4.78, 5) is 0. The Balaban J connectivity index is 2.16. The first-order valence-electron chi connectivity index (χ1n) is 5.82. The quantitative estimate of drug-likeness (QED) is 0.751. The van der Waals surface area contributed by atoms with Gasteiger partial charge < -0.3 is 9.52 Å². The van der Waals surface area contributed by atoms with E-state index in [4.69, 9.17) is 4.42 Å². The van der Waals surface area contributed by atoms with Crippen molar-refractivity contribution in [1.82, 2.24) is 9.78 Å². The van der Waals surface area contributed by atoms with Crippen molar-refractivity contribution in [3.8, 4) is 0 Å². The van der Waals surface area contributed by atoms with E-state index >= 15 is 0 Å². The highest BCUT2D eigenvalue weighted by Crippen LogP contribution is 2.33. The van der Waals surface area contributed by atoms with Crippen molar-refractivity contribution < 1.29 is 9.52 Å². The first-order chi connectivity index (χ1) is 8.66. The standard InChI is InChI=1S/C14H14N2O2/c1-9-13(10-5-3-4-6-12(10)18-9)14(17)11-7-8-16(2)15-11/h3-8,14,17H,1-2H3. The minimum absolute atomic E-state index is 0.632. The number of hydrogen-bond donors (Lipinski definition) is 1. The summed E-state index contributed by atoms with van der Waals surface area (Å²) in [6, 6.07) is 9.52. The molecule has 2 heterocycles. The number of benzene rings is 1. The van der Waals surface area contributed by atoms with E-state index in [0.29, 0.717) is 5.69 Å². The Morgan fingerprint density at radius 3 is 2.78 bits per heavy atom. The number of fused-ring (bicyclic) bond motifs is 1. The Hall–Kier alpha value is -2.07. The lowest BCUT2D eigenvalue weighted by molar-refractivity contribution is 0.213. The normalized spacial score (nSPS) is 13.1. The Morgan fingerprint density at radius 1 is 1.28 bits per heavy atom. The van der Waals surface area contributed by atoms with Gasteiger partial charge in [0.25, 0.3) is 0 Å². The fraction of sp³-hybridized carbons (Fsp3) is 0.214. The molecule has 0 bridgehead atoms. The van der Waals surface area contributed by atoms with Crippen LogP contribution in [-0.4, -0.2) is 14.9 Å². The van der Waals surface area contributed by atoms with Gasteiger partial charge in [0.15, 0.2) is 0 Å². The summed E-state index contributed by atoms with van der Waals surface area (Å²) in [5.41, 5.74) is 2.22. The van der Waals surface area contributed by atoms with E-state index in [1.807, 2.05) is 50.5 Å². The van der Waals surface area contributed by atoms with E-state index in [0.717, 1.165) is 22.3 Å². The number of rotatable bonds is 2. The molecule has 0 spiro atoms. The van der Waals surface area contributed by atoms with E-state index in [1.54, 1.807) is 4.68 Å². The molecular formula is C14H14N2O2. The molecule has 92 valence electrons. The average molecular weight is 242 g/mol. The van der Waals surface area contributed by atoms with Crippen molar-refractivity contribution in [3.05, 3.63) is 53.5 Å². The van der Waals surface area contributed by atoms with Crippen molar-refractivity contribution in [2.45, 2.75) is 13.0 Å². The molecule has 0 amide bonds. The van der Waals surface area contributed by atoms with E-state index in [-0.39, 0.29) is 0 Å². The minimum Gasteiger partial charge on any atom is -0.461 e. The van der Waals surface area contributed by atoms with Crippen LogP contribution in [0.1, 0.15) is 23.1 Å². The Morgan fingerprint density at radius 2 is 2.06 bits per heavy atom. The van der Waals surface area contributed by atoms with Crippen LogP contribution in [0.25, 0.3) is 11.0 Å². The first-order valence-corrected chi connectivity index (χ1v) is 5.82. The third kappa shape index (κ3) is 1.62. The maximum absolute atomic E-state index is 10.4. The van der Waals surface area contributed by atoms with Crippen LogP contribution in [0.2, 0.25) is 0 Å². The number of aryl methyl sites for hydroxylation is 2. The van der Waals surface area contributed by atoms with Gasteiger partial charge in [-0.25, -0.2) is 0 Å². The highest BCUT2D eigenvalue weighted by atomic mass is 16.3. The van der Waals surface area contributed by atoms with Crippen LogP contribution in [-0.2, 0) is 7.05 Å². The Bertz CT molecular complexity index is 697. The zero-order chi connectivity index (χ0) is 12.7. The van der Waals surface area contributed by atoms with Crippen LogP contribution >= 0.6 is 0 Å². The molecule has 1 aromatic carbocycles. The molecule has 18 heavy (non-hydrogen) atoms. The zero-order valence-electron chi connectivity index (χ0n) is 10.3. The van der Waals surface area contributed by atoms with Gasteiger partial charge in [0.05, 0.1) is 5.69 Å². The van der Waals surface area contributed by atoms with Crippen molar-refractivity contribution >= 4 is 11.0 Å². The zero-order valence-corrected chi connectivity index (χ0v) is 10.3. The van der Waals surface area contributed by atoms with Crippen LogP contribution in [0.4, 0.5) is 0 Å². The molecule has 0 aliphatic carbocycles. The minimum atomic E-state index is -0.755. The number of hydrogen-bond acceptors (Lipinski definition) is 3. The number of aliphatic hydroxyl groups is 1. The van der Waals surface area contributed by atoms with Gasteiger partial charge in [0, 0.05) is 24.2 Å². The second-order valence-electron chi connectivity index (χ2n) is 4.38. The van der Waals surface area contributed by atoms with Crippen LogP contribution in [0, 0.1) is 6.92 Å². The molecule has 4 heteroatoms. The van der Waals surface area contributed by atoms with E-state index in [1.165, 1.54) is 0 Å². The van der Waals surface area contributed by atoms with Gasteiger partial charge in [-0.2, -0.15) is 5.10 Å². The molecule has 3 aromatic rings. The van der Waals surface area contributed by atoms with Crippen LogP contribution in [0.5, 0.6) is 0 Å². The van der Waals surface area contributed by atoms with E-state index in [9.17, 15) is 5.11 Å². The molecule has 3 rings (SSSR count). The number of nitrogens with zero attached hydrogens (tertiary/aromatic N) is 2. The number of aliphatic hydroxyl groups excluding tert-OH is 1. The van der Waals surface area contributed by atoms with Crippen molar-refractivity contribution in [3.63, 3.8) is 0 Å². The van der Waals surface area contributed by atoms with E-state index in [2.05, 4.69) is 5.10 Å². The molecule has 0 saturated heterocycles. The first kappa shape index (κ1) is 11.0.